The van der Waals surface area contributed by atoms with E-state index in [1.807, 2.05) is 30.3 Å². The molecule has 0 bridgehead atoms. The molecule has 0 aliphatic rings. The largest absolute Gasteiger partial charge is 0.394 e. The van der Waals surface area contributed by atoms with Crippen LogP contribution in [0.25, 0.3) is 0 Å². The van der Waals surface area contributed by atoms with Gasteiger partial charge in [-0.3, -0.25) is 5.32 Å². The average molecular weight is 301 g/mol. The Balaban J connectivity index is 2.52. The van der Waals surface area contributed by atoms with Gasteiger partial charge in [0.1, 0.15) is 24.5 Å². The number of nitrogens with one attached hydrogen (secondary N) is 1. The van der Waals surface area contributed by atoms with Crippen LogP contribution in [0.5, 0.6) is 0 Å². The van der Waals surface area contributed by atoms with Gasteiger partial charge in [0, 0.05) is 13.7 Å². The van der Waals surface area contributed by atoms with Gasteiger partial charge in [-0.15, -0.1) is 0 Å². The van der Waals surface area contributed by atoms with Gasteiger partial charge in [-0.2, -0.15) is 0 Å². The first-order valence-electron chi connectivity index (χ1n) is 6.65. The molecule has 1 aromatic rings. The molecule has 0 spiro atoms. The van der Waals surface area contributed by atoms with Crippen molar-refractivity contribution in [3.63, 3.8) is 0 Å². The summed E-state index contributed by atoms with van der Waals surface area (Å²) in [6.07, 6.45) is -6.55. The maximum absolute atomic E-state index is 9.80. The Labute approximate surface area is 123 Å². The molecule has 5 atom stereocenters. The van der Waals surface area contributed by atoms with Crippen LogP contribution in [-0.2, 0) is 4.74 Å². The topological polar surface area (TPSA) is 122 Å². The second-order valence-corrected chi connectivity index (χ2v) is 4.73. The Morgan fingerprint density at radius 2 is 1.57 bits per heavy atom. The molecule has 0 radical (unpaired) electrons. The number of benzene rings is 1. The third kappa shape index (κ3) is 5.33. The van der Waals surface area contributed by atoms with E-state index in [9.17, 15) is 20.4 Å². The van der Waals surface area contributed by atoms with Crippen LogP contribution in [0.1, 0.15) is 11.8 Å². The highest BCUT2D eigenvalue weighted by atomic mass is 16.5. The fraction of sp³-hybridized carbons (Fsp3) is 0.571. The predicted molar refractivity (Wildman–Crippen MR) is 75.3 cm³/mol. The zero-order valence-electron chi connectivity index (χ0n) is 11.8. The number of methoxy groups -OCH3 is 1. The van der Waals surface area contributed by atoms with Crippen molar-refractivity contribution in [1.82, 2.24) is 5.32 Å². The van der Waals surface area contributed by atoms with Crippen molar-refractivity contribution < 1.29 is 30.3 Å². The van der Waals surface area contributed by atoms with E-state index in [-0.39, 0.29) is 6.54 Å². The Bertz CT molecular complexity index is 390. The lowest BCUT2D eigenvalue weighted by molar-refractivity contribution is -0.116. The van der Waals surface area contributed by atoms with Gasteiger partial charge in [-0.05, 0) is 5.56 Å². The maximum atomic E-state index is 9.80. The molecule has 7 heteroatoms. The van der Waals surface area contributed by atoms with Crippen molar-refractivity contribution in [2.75, 3.05) is 20.3 Å². The maximum Gasteiger partial charge on any atom is 0.133 e. The molecule has 7 nitrogen and oxygen atoms in total. The average Bonchev–Trinajstić information content (AvgIpc) is 2.53. The van der Waals surface area contributed by atoms with Crippen LogP contribution >= 0.6 is 0 Å². The zero-order chi connectivity index (χ0) is 15.8. The van der Waals surface area contributed by atoms with E-state index >= 15 is 0 Å². The molecular weight excluding hydrogens is 278 g/mol. The first kappa shape index (κ1) is 18.0. The van der Waals surface area contributed by atoms with E-state index in [2.05, 4.69) is 5.32 Å². The monoisotopic (exact) mass is 301 g/mol. The number of hydrogen-bond acceptors (Lipinski definition) is 7. The first-order chi connectivity index (χ1) is 10.0. The molecule has 6 N–H and O–H groups in total. The molecular formula is C14H23NO6. The third-order valence-corrected chi connectivity index (χ3v) is 3.18. The summed E-state index contributed by atoms with van der Waals surface area (Å²) in [6, 6.07) is 9.23. The molecule has 21 heavy (non-hydrogen) atoms. The number of ether oxygens (including phenoxy) is 1. The van der Waals surface area contributed by atoms with Crippen LogP contribution in [0, 0.1) is 0 Å². The van der Waals surface area contributed by atoms with E-state index < -0.39 is 37.3 Å². The van der Waals surface area contributed by atoms with Crippen LogP contribution in [0.2, 0.25) is 0 Å². The van der Waals surface area contributed by atoms with Crippen molar-refractivity contribution in [1.29, 1.82) is 0 Å². The lowest BCUT2D eigenvalue weighted by atomic mass is 10.0. The van der Waals surface area contributed by atoms with E-state index in [4.69, 9.17) is 9.84 Å². The third-order valence-electron chi connectivity index (χ3n) is 3.18. The summed E-state index contributed by atoms with van der Waals surface area (Å²) in [6.45, 7) is -0.771. The summed E-state index contributed by atoms with van der Waals surface area (Å²) in [5, 5.41) is 49.8. The second-order valence-electron chi connectivity index (χ2n) is 4.73. The molecule has 120 valence electrons. The van der Waals surface area contributed by atoms with Gasteiger partial charge in [0.15, 0.2) is 0 Å². The van der Waals surface area contributed by atoms with Gasteiger partial charge < -0.3 is 30.3 Å². The number of rotatable bonds is 9. The molecule has 0 aliphatic carbocycles. The van der Waals surface area contributed by atoms with Gasteiger partial charge >= 0.3 is 0 Å². The van der Waals surface area contributed by atoms with Crippen molar-refractivity contribution in [2.24, 2.45) is 0 Å². The summed E-state index contributed by atoms with van der Waals surface area (Å²) >= 11 is 0. The number of aliphatic hydroxyl groups is 5. The van der Waals surface area contributed by atoms with Crippen LogP contribution in [0.4, 0.5) is 0 Å². The summed E-state index contributed by atoms with van der Waals surface area (Å²) in [5.74, 6) is 0. The van der Waals surface area contributed by atoms with Gasteiger partial charge in [-0.1, -0.05) is 30.3 Å². The molecule has 0 saturated carbocycles. The van der Waals surface area contributed by atoms with Crippen LogP contribution in [-0.4, -0.2) is 70.2 Å². The van der Waals surface area contributed by atoms with Crippen molar-refractivity contribution in [2.45, 2.75) is 30.6 Å². The van der Waals surface area contributed by atoms with Gasteiger partial charge in [0.05, 0.1) is 12.7 Å². The number of aliphatic hydroxyl groups excluding tert-OH is 5. The quantitative estimate of drug-likeness (QED) is 0.302. The Kier molecular flexibility index (Phi) is 7.76. The Morgan fingerprint density at radius 3 is 2.10 bits per heavy atom. The van der Waals surface area contributed by atoms with E-state index in [1.54, 1.807) is 0 Å². The summed E-state index contributed by atoms with van der Waals surface area (Å²) in [7, 11) is 1.50. The highest BCUT2D eigenvalue weighted by molar-refractivity contribution is 5.17. The minimum atomic E-state index is -1.63. The van der Waals surface area contributed by atoms with Crippen molar-refractivity contribution in [3.8, 4) is 0 Å². The Hall–Kier alpha value is -1.06. The molecule has 1 unspecified atom stereocenters. The minimum absolute atomic E-state index is 0.0657. The summed E-state index contributed by atoms with van der Waals surface area (Å²) < 4.78 is 5.24. The molecule has 0 amide bonds. The smallest absolute Gasteiger partial charge is 0.133 e. The first-order valence-corrected chi connectivity index (χ1v) is 6.65. The minimum Gasteiger partial charge on any atom is -0.394 e. The molecule has 0 aliphatic heterocycles. The standard InChI is InChI=1S/C14H23NO6/c1-21-14(9-5-3-2-4-6-9)15-7-10(17)12(19)13(20)11(18)8-16/h2-6,10-20H,7-8H2,1H3/t10-,11+,12+,13+,14?/m0/s1. The van der Waals surface area contributed by atoms with E-state index in [1.165, 1.54) is 7.11 Å². The molecule has 0 saturated heterocycles. The summed E-state index contributed by atoms with van der Waals surface area (Å²) in [5.41, 5.74) is 0.845. The highest BCUT2D eigenvalue weighted by Crippen LogP contribution is 2.13. The van der Waals surface area contributed by atoms with Gasteiger partial charge in [0.2, 0.25) is 0 Å². The van der Waals surface area contributed by atoms with Gasteiger partial charge in [-0.25, -0.2) is 0 Å². The van der Waals surface area contributed by atoms with Gasteiger partial charge in [0.25, 0.3) is 0 Å². The fourth-order valence-corrected chi connectivity index (χ4v) is 1.88. The van der Waals surface area contributed by atoms with Crippen LogP contribution < -0.4 is 5.32 Å². The molecule has 0 fully saturated rings. The highest BCUT2D eigenvalue weighted by Gasteiger charge is 2.30. The molecule has 1 aromatic carbocycles. The lowest BCUT2D eigenvalue weighted by Crippen LogP contribution is -2.49. The van der Waals surface area contributed by atoms with Crippen molar-refractivity contribution >= 4 is 0 Å². The van der Waals surface area contributed by atoms with Crippen LogP contribution in [0.3, 0.4) is 0 Å². The fourth-order valence-electron chi connectivity index (χ4n) is 1.88. The van der Waals surface area contributed by atoms with E-state index in [0.29, 0.717) is 0 Å². The zero-order valence-corrected chi connectivity index (χ0v) is 11.8. The predicted octanol–water partition coefficient (Wildman–Crippen LogP) is -1.64. The lowest BCUT2D eigenvalue weighted by Gasteiger charge is -2.27. The molecule has 1 rings (SSSR count). The second kappa shape index (κ2) is 9.06. The Morgan fingerprint density at radius 1 is 1.00 bits per heavy atom. The normalized spacial score (nSPS) is 18.8. The van der Waals surface area contributed by atoms with Crippen molar-refractivity contribution in [3.05, 3.63) is 35.9 Å². The SMILES string of the molecule is COC(NC[C@H](O)[C@@H](O)[C@H](O)[C@H](O)CO)c1ccccc1. The number of hydrogen-bond donors (Lipinski definition) is 6. The van der Waals surface area contributed by atoms with Crippen LogP contribution in [0.15, 0.2) is 30.3 Å². The summed E-state index contributed by atoms with van der Waals surface area (Å²) in [4.78, 5) is 0. The molecule has 0 heterocycles. The molecule has 0 aromatic heterocycles. The van der Waals surface area contributed by atoms with E-state index in [0.717, 1.165) is 5.56 Å².